The summed E-state index contributed by atoms with van der Waals surface area (Å²) in [5.74, 6) is 0.147. The van der Waals surface area contributed by atoms with Crippen molar-refractivity contribution in [1.82, 2.24) is 0 Å². The van der Waals surface area contributed by atoms with Gasteiger partial charge >= 0.3 is 5.97 Å². The summed E-state index contributed by atoms with van der Waals surface area (Å²) >= 11 is 0. The molecule has 0 aliphatic heterocycles. The fraction of sp³-hybridized carbons (Fsp3) is 0.0357. The Hall–Kier alpha value is -3.91. The third kappa shape index (κ3) is 3.81. The minimum absolute atomic E-state index is 0.375. The molecule has 0 spiro atoms. The Morgan fingerprint density at radius 2 is 1.57 bits per heavy atom. The fourth-order valence-corrected chi connectivity index (χ4v) is 3.55. The highest BCUT2D eigenvalue weighted by atomic mass is 16.5. The zero-order valence-corrected chi connectivity index (χ0v) is 16.9. The molecule has 2 nitrogen and oxygen atoms in total. The van der Waals surface area contributed by atoms with Crippen LogP contribution in [0.25, 0.3) is 39.8 Å². The molecule has 0 radical (unpaired) electrons. The molecule has 4 aromatic rings. The molecule has 0 atom stereocenters. The first kappa shape index (κ1) is 19.4. The minimum atomic E-state index is -0.375. The number of fused-ring (bicyclic) bond motifs is 2. The summed E-state index contributed by atoms with van der Waals surface area (Å²) in [6.45, 7) is 9.48. The zero-order valence-electron chi connectivity index (χ0n) is 16.9. The molecule has 0 fully saturated rings. The highest BCUT2D eigenvalue weighted by molar-refractivity contribution is 6.01. The molecule has 2 heteroatoms. The maximum atomic E-state index is 12.8. The Bertz CT molecular complexity index is 1330. The van der Waals surface area contributed by atoms with Crippen LogP contribution < -0.4 is 4.74 Å². The SMILES string of the molecule is C=Cc1ccc2cc(OC(=O)C(C)=Cc3c(C=C)ccc4ccccc34)ccc2c1. The van der Waals surface area contributed by atoms with Crippen molar-refractivity contribution in [1.29, 1.82) is 0 Å². The quantitative estimate of drug-likeness (QED) is 0.203. The molecule has 0 amide bonds. The van der Waals surface area contributed by atoms with Gasteiger partial charge in [0.2, 0.25) is 0 Å². The number of hydrogen-bond donors (Lipinski definition) is 0. The standard InChI is InChI=1S/C28H22O2/c1-4-20-10-11-24-18-25(15-14-23(24)17-20)30-28(29)19(3)16-27-21(5-2)12-13-22-8-6-7-9-26(22)27/h4-18H,1-2H2,3H3. The van der Waals surface area contributed by atoms with Gasteiger partial charge in [0, 0.05) is 5.57 Å². The van der Waals surface area contributed by atoms with E-state index >= 15 is 0 Å². The van der Waals surface area contributed by atoms with Crippen LogP contribution in [0.2, 0.25) is 0 Å². The summed E-state index contributed by atoms with van der Waals surface area (Å²) in [7, 11) is 0. The molecule has 0 saturated carbocycles. The van der Waals surface area contributed by atoms with Crippen LogP contribution in [0, 0.1) is 0 Å². The first-order chi connectivity index (χ1) is 14.6. The number of hydrogen-bond acceptors (Lipinski definition) is 2. The lowest BCUT2D eigenvalue weighted by Gasteiger charge is -2.10. The van der Waals surface area contributed by atoms with Crippen LogP contribution in [0.15, 0.2) is 91.5 Å². The third-order valence-corrected chi connectivity index (χ3v) is 5.19. The summed E-state index contributed by atoms with van der Waals surface area (Å²) < 4.78 is 5.65. The summed E-state index contributed by atoms with van der Waals surface area (Å²) in [5, 5.41) is 4.27. The van der Waals surface area contributed by atoms with E-state index in [2.05, 4.69) is 31.4 Å². The Morgan fingerprint density at radius 3 is 2.37 bits per heavy atom. The van der Waals surface area contributed by atoms with E-state index in [0.717, 1.165) is 38.2 Å². The Morgan fingerprint density at radius 1 is 0.833 bits per heavy atom. The average Bonchev–Trinajstić information content (AvgIpc) is 2.78. The predicted octanol–water partition coefficient (Wildman–Crippen LogP) is 7.29. The van der Waals surface area contributed by atoms with Crippen molar-refractivity contribution in [2.24, 2.45) is 0 Å². The number of esters is 1. The van der Waals surface area contributed by atoms with E-state index in [1.807, 2.05) is 66.7 Å². The number of benzene rings is 4. The summed E-state index contributed by atoms with van der Waals surface area (Å²) in [5.41, 5.74) is 3.52. The monoisotopic (exact) mass is 390 g/mol. The van der Waals surface area contributed by atoms with Gasteiger partial charge in [-0.25, -0.2) is 4.79 Å². The Kier molecular flexibility index (Phi) is 5.32. The lowest BCUT2D eigenvalue weighted by molar-refractivity contribution is -0.130. The second-order valence-corrected chi connectivity index (χ2v) is 7.18. The highest BCUT2D eigenvalue weighted by Gasteiger charge is 2.11. The lowest BCUT2D eigenvalue weighted by atomic mass is 9.97. The molecule has 0 aromatic heterocycles. The summed E-state index contributed by atoms with van der Waals surface area (Å²) in [6, 6.07) is 23.9. The van der Waals surface area contributed by atoms with Gasteiger partial charge in [0.1, 0.15) is 5.75 Å². The van der Waals surface area contributed by atoms with Gasteiger partial charge in [0.05, 0.1) is 0 Å². The molecule has 0 saturated heterocycles. The van der Waals surface area contributed by atoms with E-state index in [1.54, 1.807) is 13.0 Å². The highest BCUT2D eigenvalue weighted by Crippen LogP contribution is 2.27. The zero-order chi connectivity index (χ0) is 21.1. The van der Waals surface area contributed by atoms with Gasteiger partial charge in [-0.05, 0) is 69.4 Å². The number of ether oxygens (including phenoxy) is 1. The molecule has 0 N–H and O–H groups in total. The second-order valence-electron chi connectivity index (χ2n) is 7.18. The van der Waals surface area contributed by atoms with Crippen LogP contribution in [0.5, 0.6) is 5.75 Å². The average molecular weight is 390 g/mol. The van der Waals surface area contributed by atoms with E-state index in [0.29, 0.717) is 11.3 Å². The van der Waals surface area contributed by atoms with Crippen LogP contribution in [-0.4, -0.2) is 5.97 Å². The largest absolute Gasteiger partial charge is 0.423 e. The van der Waals surface area contributed by atoms with Crippen molar-refractivity contribution in [3.63, 3.8) is 0 Å². The van der Waals surface area contributed by atoms with Gasteiger partial charge in [-0.2, -0.15) is 0 Å². The van der Waals surface area contributed by atoms with Crippen molar-refractivity contribution in [3.8, 4) is 5.75 Å². The van der Waals surface area contributed by atoms with Crippen molar-refractivity contribution >= 4 is 45.7 Å². The van der Waals surface area contributed by atoms with Crippen molar-refractivity contribution in [3.05, 3.63) is 108 Å². The maximum Gasteiger partial charge on any atom is 0.339 e. The maximum absolute atomic E-state index is 12.8. The molecule has 4 rings (SSSR count). The van der Waals surface area contributed by atoms with Gasteiger partial charge < -0.3 is 4.74 Å². The van der Waals surface area contributed by atoms with Crippen molar-refractivity contribution < 1.29 is 9.53 Å². The van der Waals surface area contributed by atoms with Crippen LogP contribution >= 0.6 is 0 Å². The topological polar surface area (TPSA) is 26.3 Å². The molecule has 146 valence electrons. The van der Waals surface area contributed by atoms with Gasteiger partial charge in [-0.15, -0.1) is 0 Å². The van der Waals surface area contributed by atoms with E-state index in [9.17, 15) is 4.79 Å². The molecular formula is C28H22O2. The normalized spacial score (nSPS) is 11.4. The first-order valence-corrected chi connectivity index (χ1v) is 9.80. The van der Waals surface area contributed by atoms with E-state index < -0.39 is 0 Å². The lowest BCUT2D eigenvalue weighted by Crippen LogP contribution is -2.09. The van der Waals surface area contributed by atoms with E-state index in [4.69, 9.17) is 4.74 Å². The third-order valence-electron chi connectivity index (χ3n) is 5.19. The Labute approximate surface area is 176 Å². The molecule has 0 unspecified atom stereocenters. The minimum Gasteiger partial charge on any atom is -0.423 e. The number of carbonyl (C=O) groups excluding carboxylic acids is 1. The van der Waals surface area contributed by atoms with E-state index in [1.165, 1.54) is 0 Å². The first-order valence-electron chi connectivity index (χ1n) is 9.80. The van der Waals surface area contributed by atoms with Crippen molar-refractivity contribution in [2.75, 3.05) is 0 Å². The summed E-state index contributed by atoms with van der Waals surface area (Å²) in [6.07, 6.45) is 5.49. The van der Waals surface area contributed by atoms with Crippen molar-refractivity contribution in [2.45, 2.75) is 6.92 Å². The van der Waals surface area contributed by atoms with E-state index in [-0.39, 0.29) is 5.97 Å². The van der Waals surface area contributed by atoms with Crippen LogP contribution in [0.4, 0.5) is 0 Å². The molecule has 0 aliphatic carbocycles. The van der Waals surface area contributed by atoms with Gasteiger partial charge in [-0.3, -0.25) is 0 Å². The molecule has 30 heavy (non-hydrogen) atoms. The van der Waals surface area contributed by atoms with Crippen LogP contribution in [-0.2, 0) is 4.79 Å². The predicted molar refractivity (Wildman–Crippen MR) is 127 cm³/mol. The molecule has 0 aliphatic rings. The van der Waals surface area contributed by atoms with Crippen LogP contribution in [0.1, 0.15) is 23.6 Å². The van der Waals surface area contributed by atoms with Gasteiger partial charge in [0.25, 0.3) is 0 Å². The van der Waals surface area contributed by atoms with Crippen LogP contribution in [0.3, 0.4) is 0 Å². The molecule has 4 aromatic carbocycles. The Balaban J connectivity index is 1.65. The second kappa shape index (κ2) is 8.22. The molecular weight excluding hydrogens is 368 g/mol. The molecule has 0 heterocycles. The number of rotatable bonds is 5. The number of carbonyl (C=O) groups is 1. The summed E-state index contributed by atoms with van der Waals surface area (Å²) in [4.78, 5) is 12.8. The smallest absolute Gasteiger partial charge is 0.339 e. The fourth-order valence-electron chi connectivity index (χ4n) is 3.55. The molecule has 0 bridgehead atoms. The van der Waals surface area contributed by atoms with Gasteiger partial charge in [-0.1, -0.05) is 79.9 Å². The van der Waals surface area contributed by atoms with Gasteiger partial charge in [0.15, 0.2) is 0 Å².